The van der Waals surface area contributed by atoms with Crippen LogP contribution in [0, 0.1) is 0 Å². The molecule has 1 aromatic heterocycles. The molecule has 3 aromatic rings. The summed E-state index contributed by atoms with van der Waals surface area (Å²) in [6.45, 7) is 1.99. The summed E-state index contributed by atoms with van der Waals surface area (Å²) in [7, 11) is 0. The molecule has 0 bridgehead atoms. The Morgan fingerprint density at radius 2 is 1.46 bits per heavy atom. The highest BCUT2D eigenvalue weighted by molar-refractivity contribution is 8.00. The number of benzene rings is 2. The number of halogens is 3. The van der Waals surface area contributed by atoms with Crippen LogP contribution in [-0.2, 0) is 4.79 Å². The molecule has 0 saturated carbocycles. The number of aromatic nitrogens is 3. The third kappa shape index (κ3) is 8.82. The van der Waals surface area contributed by atoms with Gasteiger partial charge in [0.05, 0.1) is 6.42 Å². The Kier molecular flexibility index (Phi) is 10.3. The van der Waals surface area contributed by atoms with Gasteiger partial charge < -0.3 is 43.4 Å². The quantitative estimate of drug-likeness (QED) is 0.105. The van der Waals surface area contributed by atoms with Crippen LogP contribution in [0.5, 0.6) is 0 Å². The van der Waals surface area contributed by atoms with E-state index in [1.807, 2.05) is 9.80 Å². The van der Waals surface area contributed by atoms with E-state index in [4.69, 9.17) is 27.9 Å². The molecule has 4 atom stereocenters. The van der Waals surface area contributed by atoms with Gasteiger partial charge in [0.2, 0.25) is 23.8 Å². The van der Waals surface area contributed by atoms with Crippen molar-refractivity contribution < 1.29 is 22.8 Å². The van der Waals surface area contributed by atoms with Gasteiger partial charge in [0.15, 0.2) is 5.78 Å². The molecule has 5 rings (SSSR count). The summed E-state index contributed by atoms with van der Waals surface area (Å²) in [5.41, 5.74) is 21.4. The lowest BCUT2D eigenvalue weighted by molar-refractivity contribution is -0.115. The van der Waals surface area contributed by atoms with Crippen LogP contribution in [0.2, 0.25) is 0 Å². The molecule has 0 spiro atoms. The van der Waals surface area contributed by atoms with E-state index in [2.05, 4.69) is 20.6 Å². The smallest absolute Gasteiger partial charge is 0.338 e. The topological polar surface area (TPSA) is 207 Å². The molecular formula is C29H36F3N11O2S. The Hall–Kier alpha value is -4.03. The number of nitrogens with one attached hydrogen (secondary N) is 2. The van der Waals surface area contributed by atoms with E-state index in [0.717, 1.165) is 0 Å². The highest BCUT2D eigenvalue weighted by Crippen LogP contribution is 2.37. The van der Waals surface area contributed by atoms with Crippen LogP contribution in [0.4, 0.5) is 42.4 Å². The maximum Gasteiger partial charge on any atom is 0.446 e. The number of ketones is 1. The molecular weight excluding hydrogens is 623 g/mol. The minimum Gasteiger partial charge on any atom is -0.338 e. The van der Waals surface area contributed by atoms with Gasteiger partial charge in [-0.25, -0.2) is 0 Å². The monoisotopic (exact) mass is 659 g/mol. The first-order chi connectivity index (χ1) is 21.8. The number of nitrogens with zero attached hydrogens (tertiary/aromatic N) is 5. The van der Waals surface area contributed by atoms with Crippen molar-refractivity contribution in [3.8, 4) is 0 Å². The molecule has 17 heteroatoms. The molecule has 2 fully saturated rings. The lowest BCUT2D eigenvalue weighted by Gasteiger charge is -2.35. The molecule has 246 valence electrons. The first-order valence-electron chi connectivity index (χ1n) is 14.7. The maximum atomic E-state index is 12.8. The van der Waals surface area contributed by atoms with E-state index in [0.29, 0.717) is 62.2 Å². The molecule has 1 amide bonds. The summed E-state index contributed by atoms with van der Waals surface area (Å²) in [6.07, 6.45) is 0.952. The van der Waals surface area contributed by atoms with E-state index < -0.39 is 23.6 Å². The minimum atomic E-state index is -4.41. The number of carbonyl (C=O) groups excluding carboxylic acids is 2. The number of Topliss-reactive ketones (excluding diaryl/α,β-unsaturated/α-hetero) is 1. The van der Waals surface area contributed by atoms with Crippen LogP contribution in [0.1, 0.15) is 29.6 Å². The molecule has 0 aliphatic carbocycles. The molecule has 46 heavy (non-hydrogen) atoms. The van der Waals surface area contributed by atoms with Gasteiger partial charge in [-0.15, -0.1) is 0 Å². The fourth-order valence-electron chi connectivity index (χ4n) is 5.50. The third-order valence-corrected chi connectivity index (χ3v) is 8.28. The zero-order valence-electron chi connectivity index (χ0n) is 24.8. The first-order valence-corrected chi connectivity index (χ1v) is 15.5. The number of hydrogen-bond donors (Lipinski definition) is 6. The molecule has 2 aliphatic heterocycles. The number of anilines is 5. The number of piperidine rings is 1. The summed E-state index contributed by atoms with van der Waals surface area (Å²) in [5, 5.41) is 5.70. The van der Waals surface area contributed by atoms with Gasteiger partial charge in [0.1, 0.15) is 0 Å². The number of amides is 1. The molecule has 0 radical (unpaired) electrons. The Morgan fingerprint density at radius 3 is 2.09 bits per heavy atom. The second-order valence-corrected chi connectivity index (χ2v) is 12.5. The standard InChI is InChI=1S/C29H36F3N11O2S/c30-29(31,32)46-23-7-5-20(6-8-23)37-25(45)11-24(44)16-1-3-21(4-2-16)38-26-39-27(42-13-17(34)9-18(35)14-42)41-28(40-26)43-15-19(36)10-22(43)12-33/h1-8,17-19,22H,9-15,33-36H2,(H,37,45)(H,38,39,40,41)/t17-,18+,19-,22-/m1/s1. The zero-order chi connectivity index (χ0) is 33.0. The number of rotatable bonds is 10. The number of alkyl halides is 3. The van der Waals surface area contributed by atoms with Crippen LogP contribution in [0.3, 0.4) is 0 Å². The maximum absolute atomic E-state index is 12.8. The molecule has 13 nitrogen and oxygen atoms in total. The van der Waals surface area contributed by atoms with Crippen molar-refractivity contribution in [1.29, 1.82) is 0 Å². The lowest BCUT2D eigenvalue weighted by atomic mass is 10.0. The Balaban J connectivity index is 1.26. The summed E-state index contributed by atoms with van der Waals surface area (Å²) < 4.78 is 37.6. The summed E-state index contributed by atoms with van der Waals surface area (Å²) in [6, 6.07) is 11.3. The van der Waals surface area contributed by atoms with Crippen molar-refractivity contribution in [3.05, 3.63) is 54.1 Å². The Labute approximate surface area is 267 Å². The predicted molar refractivity (Wildman–Crippen MR) is 171 cm³/mol. The second-order valence-electron chi connectivity index (χ2n) is 11.4. The highest BCUT2D eigenvalue weighted by atomic mass is 32.2. The molecule has 2 aliphatic rings. The van der Waals surface area contributed by atoms with Crippen LogP contribution in [-0.4, -0.2) is 82.5 Å². The van der Waals surface area contributed by atoms with E-state index in [-0.39, 0.29) is 52.5 Å². The van der Waals surface area contributed by atoms with Crippen LogP contribution in [0.15, 0.2) is 53.4 Å². The van der Waals surface area contributed by atoms with E-state index in [1.54, 1.807) is 24.3 Å². The van der Waals surface area contributed by atoms with Crippen LogP contribution >= 0.6 is 11.8 Å². The van der Waals surface area contributed by atoms with Crippen molar-refractivity contribution >= 4 is 52.7 Å². The van der Waals surface area contributed by atoms with Crippen molar-refractivity contribution in [3.63, 3.8) is 0 Å². The molecule has 3 heterocycles. The van der Waals surface area contributed by atoms with Gasteiger partial charge in [0, 0.05) is 72.2 Å². The normalized spacial score (nSPS) is 21.7. The summed E-state index contributed by atoms with van der Waals surface area (Å²) in [5.74, 6) is 0.0791. The van der Waals surface area contributed by atoms with Crippen LogP contribution in [0.25, 0.3) is 0 Å². The van der Waals surface area contributed by atoms with Crippen molar-refractivity contribution in [1.82, 2.24) is 15.0 Å². The van der Waals surface area contributed by atoms with Gasteiger partial charge in [-0.2, -0.15) is 28.1 Å². The molecule has 10 N–H and O–H groups in total. The average Bonchev–Trinajstić information content (AvgIpc) is 3.38. The van der Waals surface area contributed by atoms with Crippen molar-refractivity contribution in [2.75, 3.05) is 46.6 Å². The Morgan fingerprint density at radius 1 is 0.848 bits per heavy atom. The van der Waals surface area contributed by atoms with E-state index >= 15 is 0 Å². The van der Waals surface area contributed by atoms with Crippen LogP contribution < -0.4 is 43.4 Å². The third-order valence-electron chi connectivity index (χ3n) is 7.54. The van der Waals surface area contributed by atoms with Crippen molar-refractivity contribution in [2.24, 2.45) is 22.9 Å². The van der Waals surface area contributed by atoms with Gasteiger partial charge in [-0.1, -0.05) is 0 Å². The fraction of sp³-hybridized carbons (Fsp3) is 0.414. The SMILES string of the molecule is NC[C@H]1C[C@@H](N)CN1c1nc(Nc2ccc(C(=O)CC(=O)Nc3ccc(SC(F)(F)F)cc3)cc2)nc(N2C[C@H](N)C[C@H](N)C2)n1. The number of carbonyl (C=O) groups is 2. The van der Waals surface area contributed by atoms with E-state index in [9.17, 15) is 22.8 Å². The Bertz CT molecular complexity index is 1520. The molecule has 0 unspecified atom stereocenters. The van der Waals surface area contributed by atoms with Gasteiger partial charge in [-0.3, -0.25) is 9.59 Å². The first kappa shape index (κ1) is 33.3. The highest BCUT2D eigenvalue weighted by Gasteiger charge is 2.33. The molecule has 2 saturated heterocycles. The predicted octanol–water partition coefficient (Wildman–Crippen LogP) is 2.17. The lowest BCUT2D eigenvalue weighted by Crippen LogP contribution is -2.53. The number of hydrogen-bond acceptors (Lipinski definition) is 13. The number of nitrogens with two attached hydrogens (primary N) is 4. The minimum absolute atomic E-state index is 0.0141. The van der Waals surface area contributed by atoms with Gasteiger partial charge >= 0.3 is 5.51 Å². The van der Waals surface area contributed by atoms with Gasteiger partial charge in [-0.05, 0) is 73.1 Å². The fourth-order valence-corrected chi connectivity index (χ4v) is 6.04. The largest absolute Gasteiger partial charge is 0.446 e. The second kappa shape index (κ2) is 14.2. The van der Waals surface area contributed by atoms with E-state index in [1.165, 1.54) is 24.3 Å². The summed E-state index contributed by atoms with van der Waals surface area (Å²) in [4.78, 5) is 43.1. The summed E-state index contributed by atoms with van der Waals surface area (Å²) >= 11 is -0.253. The van der Waals surface area contributed by atoms with Gasteiger partial charge in [0.25, 0.3) is 0 Å². The zero-order valence-corrected chi connectivity index (χ0v) is 25.6. The van der Waals surface area contributed by atoms with Crippen molar-refractivity contribution in [2.45, 2.75) is 53.8 Å². The average molecular weight is 660 g/mol. The molecule has 2 aromatic carbocycles. The number of thioether (sulfide) groups is 1.